The first-order valence-electron chi connectivity index (χ1n) is 7.21. The zero-order valence-corrected chi connectivity index (χ0v) is 13.6. The monoisotopic (exact) mass is 356 g/mol. The van der Waals surface area contributed by atoms with Gasteiger partial charge in [0.05, 0.1) is 10.5 Å². The number of ketones is 1. The summed E-state index contributed by atoms with van der Waals surface area (Å²) in [6.45, 7) is -0.429. The Balaban J connectivity index is 1.83. The van der Waals surface area contributed by atoms with Crippen molar-refractivity contribution in [1.82, 2.24) is 0 Å². The molecule has 0 unspecified atom stereocenters. The highest BCUT2D eigenvalue weighted by Crippen LogP contribution is 2.42. The van der Waals surface area contributed by atoms with Crippen LogP contribution < -0.4 is 4.74 Å². The number of carboxylic acid groups (broad SMARTS) is 2. The minimum atomic E-state index is -1.07. The van der Waals surface area contributed by atoms with Gasteiger partial charge in [-0.15, -0.1) is 0 Å². The maximum atomic E-state index is 12.4. The van der Waals surface area contributed by atoms with Crippen molar-refractivity contribution >= 4 is 35.6 Å². The molecule has 2 aromatic rings. The lowest BCUT2D eigenvalue weighted by molar-refractivity contribution is -0.139. The molecule has 126 valence electrons. The number of rotatable bonds is 5. The highest BCUT2D eigenvalue weighted by molar-refractivity contribution is 8.05. The molecule has 7 heteroatoms. The van der Waals surface area contributed by atoms with Crippen LogP contribution in [0.2, 0.25) is 0 Å². The standard InChI is InChI=1S/C18H12O6S/c19-15(20)9-24-11-6-4-10(5-7-11)8-14-16(21)12-2-1-3-13(18(22)23)17(12)25-14/h1-8H,9H2,(H,19,20)(H,22,23)/b14-8-. The van der Waals surface area contributed by atoms with Crippen LogP contribution in [0.1, 0.15) is 26.3 Å². The predicted molar refractivity (Wildman–Crippen MR) is 91.1 cm³/mol. The molecule has 0 atom stereocenters. The second-order valence-corrected chi connectivity index (χ2v) is 6.23. The Morgan fingerprint density at radius 3 is 2.44 bits per heavy atom. The molecule has 0 fully saturated rings. The van der Waals surface area contributed by atoms with Gasteiger partial charge in [-0.3, -0.25) is 4.79 Å². The fraction of sp³-hybridized carbons (Fsp3) is 0.0556. The van der Waals surface area contributed by atoms with Crippen LogP contribution in [-0.2, 0) is 4.79 Å². The number of carbonyl (C=O) groups excluding carboxylic acids is 1. The van der Waals surface area contributed by atoms with E-state index < -0.39 is 18.5 Å². The predicted octanol–water partition coefficient (Wildman–Crippen LogP) is 3.18. The molecule has 1 aliphatic rings. The molecule has 25 heavy (non-hydrogen) atoms. The Kier molecular flexibility index (Phi) is 4.58. The van der Waals surface area contributed by atoms with E-state index in [-0.39, 0.29) is 11.3 Å². The number of fused-ring (bicyclic) bond motifs is 1. The van der Waals surface area contributed by atoms with Crippen molar-refractivity contribution in [2.75, 3.05) is 6.61 Å². The van der Waals surface area contributed by atoms with Gasteiger partial charge in [0.1, 0.15) is 5.75 Å². The molecule has 6 nitrogen and oxygen atoms in total. The van der Waals surface area contributed by atoms with Gasteiger partial charge in [0.2, 0.25) is 5.78 Å². The van der Waals surface area contributed by atoms with E-state index in [0.29, 0.717) is 21.1 Å². The van der Waals surface area contributed by atoms with Gasteiger partial charge < -0.3 is 14.9 Å². The summed E-state index contributed by atoms with van der Waals surface area (Å²) >= 11 is 1.13. The van der Waals surface area contributed by atoms with E-state index in [1.165, 1.54) is 6.07 Å². The highest BCUT2D eigenvalue weighted by Gasteiger charge is 2.29. The Bertz CT molecular complexity index is 898. The number of carboxylic acids is 2. The fourth-order valence-corrected chi connectivity index (χ4v) is 3.49. The summed E-state index contributed by atoms with van der Waals surface area (Å²) in [5.74, 6) is -1.94. The summed E-state index contributed by atoms with van der Waals surface area (Å²) in [7, 11) is 0. The van der Waals surface area contributed by atoms with Crippen LogP contribution in [0.15, 0.2) is 52.3 Å². The average molecular weight is 356 g/mol. The van der Waals surface area contributed by atoms with Gasteiger partial charge in [0.25, 0.3) is 0 Å². The van der Waals surface area contributed by atoms with Gasteiger partial charge >= 0.3 is 11.9 Å². The molecule has 0 bridgehead atoms. The van der Waals surface area contributed by atoms with Crippen LogP contribution in [0.3, 0.4) is 0 Å². The smallest absolute Gasteiger partial charge is 0.341 e. The maximum absolute atomic E-state index is 12.4. The number of hydrogen-bond donors (Lipinski definition) is 2. The molecule has 0 spiro atoms. The molecule has 0 aromatic heterocycles. The van der Waals surface area contributed by atoms with Crippen molar-refractivity contribution in [3.8, 4) is 5.75 Å². The van der Waals surface area contributed by atoms with Crippen molar-refractivity contribution in [2.45, 2.75) is 4.90 Å². The number of ether oxygens (including phenoxy) is 1. The summed E-state index contributed by atoms with van der Waals surface area (Å²) in [5.41, 5.74) is 1.22. The number of aliphatic carboxylic acids is 1. The van der Waals surface area contributed by atoms with Gasteiger partial charge in [-0.25, -0.2) is 9.59 Å². The van der Waals surface area contributed by atoms with Gasteiger partial charge in [-0.2, -0.15) is 0 Å². The van der Waals surface area contributed by atoms with E-state index in [2.05, 4.69) is 0 Å². The third-order valence-corrected chi connectivity index (χ3v) is 4.63. The van der Waals surface area contributed by atoms with Crippen LogP contribution in [0.4, 0.5) is 0 Å². The second-order valence-electron chi connectivity index (χ2n) is 5.18. The van der Waals surface area contributed by atoms with E-state index in [1.807, 2.05) is 0 Å². The van der Waals surface area contributed by atoms with Crippen LogP contribution in [0.5, 0.6) is 5.75 Å². The number of thioether (sulfide) groups is 1. The summed E-state index contributed by atoms with van der Waals surface area (Å²) in [6, 6.07) is 11.2. The van der Waals surface area contributed by atoms with Gasteiger partial charge in [-0.05, 0) is 35.9 Å². The summed E-state index contributed by atoms with van der Waals surface area (Å²) in [4.78, 5) is 35.1. The lowest BCUT2D eigenvalue weighted by atomic mass is 10.1. The normalized spacial score (nSPS) is 14.4. The number of aromatic carboxylic acids is 1. The number of Topliss-reactive ketones (excluding diaryl/α,β-unsaturated/α-hetero) is 1. The van der Waals surface area contributed by atoms with E-state index in [1.54, 1.807) is 42.5 Å². The van der Waals surface area contributed by atoms with E-state index in [9.17, 15) is 19.5 Å². The molecule has 1 aliphatic heterocycles. The van der Waals surface area contributed by atoms with Gasteiger partial charge in [0, 0.05) is 10.5 Å². The van der Waals surface area contributed by atoms with E-state index in [0.717, 1.165) is 17.3 Å². The lowest BCUT2D eigenvalue weighted by Crippen LogP contribution is -2.09. The number of hydrogen-bond acceptors (Lipinski definition) is 5. The number of carbonyl (C=O) groups is 3. The first-order chi connectivity index (χ1) is 12.0. The van der Waals surface area contributed by atoms with E-state index in [4.69, 9.17) is 9.84 Å². The number of allylic oxidation sites excluding steroid dienone is 1. The molecular formula is C18H12O6S. The first-order valence-corrected chi connectivity index (χ1v) is 8.02. The average Bonchev–Trinajstić information content (AvgIpc) is 2.90. The minimum absolute atomic E-state index is 0.108. The Morgan fingerprint density at radius 2 is 1.80 bits per heavy atom. The third-order valence-electron chi connectivity index (χ3n) is 3.47. The van der Waals surface area contributed by atoms with Crippen molar-refractivity contribution in [3.05, 3.63) is 64.1 Å². The van der Waals surface area contributed by atoms with Crippen molar-refractivity contribution in [1.29, 1.82) is 0 Å². The summed E-state index contributed by atoms with van der Waals surface area (Å²) in [6.07, 6.45) is 1.67. The lowest BCUT2D eigenvalue weighted by Gasteiger charge is -2.03. The van der Waals surface area contributed by atoms with Crippen molar-refractivity contribution in [3.63, 3.8) is 0 Å². The molecule has 0 saturated carbocycles. The molecule has 0 amide bonds. The summed E-state index contributed by atoms with van der Waals surface area (Å²) in [5, 5.41) is 17.8. The Labute approximate surface area is 146 Å². The van der Waals surface area contributed by atoms with Gasteiger partial charge in [0.15, 0.2) is 6.61 Å². The second kappa shape index (κ2) is 6.82. The van der Waals surface area contributed by atoms with Gasteiger partial charge in [-0.1, -0.05) is 30.0 Å². The third kappa shape index (κ3) is 3.56. The van der Waals surface area contributed by atoms with Crippen LogP contribution in [-0.4, -0.2) is 34.5 Å². The molecule has 0 saturated heterocycles. The molecule has 2 N–H and O–H groups in total. The molecule has 3 rings (SSSR count). The van der Waals surface area contributed by atoms with Crippen LogP contribution >= 0.6 is 11.8 Å². The Hall–Kier alpha value is -3.06. The maximum Gasteiger partial charge on any atom is 0.341 e. The highest BCUT2D eigenvalue weighted by atomic mass is 32.2. The molecule has 0 aliphatic carbocycles. The van der Waals surface area contributed by atoms with Crippen LogP contribution in [0, 0.1) is 0 Å². The van der Waals surface area contributed by atoms with Crippen molar-refractivity contribution < 1.29 is 29.3 Å². The fourth-order valence-electron chi connectivity index (χ4n) is 2.33. The molecular weight excluding hydrogens is 344 g/mol. The van der Waals surface area contributed by atoms with E-state index >= 15 is 0 Å². The quantitative estimate of drug-likeness (QED) is 0.794. The zero-order chi connectivity index (χ0) is 18.0. The number of benzene rings is 2. The molecule has 0 radical (unpaired) electrons. The topological polar surface area (TPSA) is 101 Å². The minimum Gasteiger partial charge on any atom is -0.482 e. The summed E-state index contributed by atoms with van der Waals surface area (Å²) < 4.78 is 5.05. The van der Waals surface area contributed by atoms with Crippen LogP contribution in [0.25, 0.3) is 6.08 Å². The molecule has 2 aromatic carbocycles. The SMILES string of the molecule is O=C(O)COc1ccc(/C=C2\Sc3c(C(=O)O)cccc3C2=O)cc1. The zero-order valence-electron chi connectivity index (χ0n) is 12.8. The first kappa shape index (κ1) is 16.8. The largest absolute Gasteiger partial charge is 0.482 e. The van der Waals surface area contributed by atoms with Crippen molar-refractivity contribution in [2.24, 2.45) is 0 Å². The Morgan fingerprint density at radius 1 is 1.08 bits per heavy atom. The molecule has 1 heterocycles.